The summed E-state index contributed by atoms with van der Waals surface area (Å²) in [5, 5.41) is 3.44. The molecule has 1 saturated heterocycles. The van der Waals surface area contributed by atoms with E-state index in [1.54, 1.807) is 0 Å². The van der Waals surface area contributed by atoms with Crippen LogP contribution in [0.4, 0.5) is 0 Å². The minimum Gasteiger partial charge on any atom is -0.317 e. The second-order valence-corrected chi connectivity index (χ2v) is 5.50. The highest BCUT2D eigenvalue weighted by Crippen LogP contribution is 2.20. The zero-order chi connectivity index (χ0) is 12.0. The molecule has 0 amide bonds. The molecule has 1 aliphatic heterocycles. The van der Waals surface area contributed by atoms with Crippen molar-refractivity contribution in [1.82, 2.24) is 10.2 Å². The lowest BCUT2D eigenvalue weighted by Crippen LogP contribution is -2.49. The first kappa shape index (κ1) is 14.0. The van der Waals surface area contributed by atoms with Crippen LogP contribution in [0.1, 0.15) is 52.9 Å². The maximum absolute atomic E-state index is 3.44. The summed E-state index contributed by atoms with van der Waals surface area (Å²) < 4.78 is 0. The van der Waals surface area contributed by atoms with Gasteiger partial charge in [-0.05, 0) is 39.3 Å². The van der Waals surface area contributed by atoms with Crippen LogP contribution in [0.5, 0.6) is 0 Å². The van der Waals surface area contributed by atoms with E-state index < -0.39 is 0 Å². The van der Waals surface area contributed by atoms with E-state index in [2.05, 4.69) is 38.0 Å². The molecule has 16 heavy (non-hydrogen) atoms. The Morgan fingerprint density at radius 1 is 1.38 bits per heavy atom. The molecule has 0 aromatic heterocycles. The monoisotopic (exact) mass is 226 g/mol. The number of rotatable bonds is 6. The van der Waals surface area contributed by atoms with E-state index in [1.165, 1.54) is 45.2 Å². The Balaban J connectivity index is 2.27. The van der Waals surface area contributed by atoms with Crippen LogP contribution in [-0.4, -0.2) is 37.1 Å². The van der Waals surface area contributed by atoms with Gasteiger partial charge in [0, 0.05) is 18.6 Å². The third-order valence-corrected chi connectivity index (χ3v) is 4.16. The lowest BCUT2D eigenvalue weighted by atomic mass is 9.92. The molecule has 96 valence electrons. The average Bonchev–Trinajstić information content (AvgIpc) is 2.29. The molecule has 0 aromatic carbocycles. The van der Waals surface area contributed by atoms with Gasteiger partial charge in [0.15, 0.2) is 0 Å². The van der Waals surface area contributed by atoms with Crippen molar-refractivity contribution in [1.29, 1.82) is 0 Å². The number of nitrogens with one attached hydrogen (secondary N) is 1. The van der Waals surface area contributed by atoms with Crippen LogP contribution < -0.4 is 5.32 Å². The van der Waals surface area contributed by atoms with Crippen molar-refractivity contribution in [2.24, 2.45) is 5.92 Å². The molecule has 0 bridgehead atoms. The Hall–Kier alpha value is -0.0800. The first-order valence-electron chi connectivity index (χ1n) is 7.10. The molecule has 0 saturated carbocycles. The summed E-state index contributed by atoms with van der Waals surface area (Å²) in [6.07, 6.45) is 6.83. The van der Waals surface area contributed by atoms with Crippen molar-refractivity contribution in [3.05, 3.63) is 0 Å². The van der Waals surface area contributed by atoms with Crippen molar-refractivity contribution in [3.8, 4) is 0 Å². The average molecular weight is 226 g/mol. The first-order valence-corrected chi connectivity index (χ1v) is 7.10. The van der Waals surface area contributed by atoms with E-state index in [9.17, 15) is 0 Å². The Morgan fingerprint density at radius 2 is 2.12 bits per heavy atom. The molecule has 3 atom stereocenters. The molecule has 1 fully saturated rings. The van der Waals surface area contributed by atoms with E-state index in [-0.39, 0.29) is 0 Å². The summed E-state index contributed by atoms with van der Waals surface area (Å²) in [6, 6.07) is 1.52. The zero-order valence-corrected chi connectivity index (χ0v) is 11.6. The van der Waals surface area contributed by atoms with Gasteiger partial charge in [0.1, 0.15) is 0 Å². The lowest BCUT2D eigenvalue weighted by Gasteiger charge is -2.40. The van der Waals surface area contributed by atoms with Gasteiger partial charge in [0.25, 0.3) is 0 Å². The van der Waals surface area contributed by atoms with Gasteiger partial charge in [-0.25, -0.2) is 0 Å². The molecule has 1 aliphatic rings. The minimum atomic E-state index is 0.735. The molecule has 3 unspecified atom stereocenters. The van der Waals surface area contributed by atoms with E-state index in [0.717, 1.165) is 18.0 Å². The van der Waals surface area contributed by atoms with Crippen LogP contribution in [-0.2, 0) is 0 Å². The normalized spacial score (nSPS) is 29.2. The number of unbranched alkanes of at least 4 members (excludes halogenated alkanes) is 2. The summed E-state index contributed by atoms with van der Waals surface area (Å²) >= 11 is 0. The zero-order valence-electron chi connectivity index (χ0n) is 11.6. The van der Waals surface area contributed by atoms with Crippen molar-refractivity contribution in [2.75, 3.05) is 20.1 Å². The molecular formula is C14H30N2. The molecule has 0 spiro atoms. The number of nitrogens with zero attached hydrogens (tertiary/aromatic N) is 1. The van der Waals surface area contributed by atoms with Gasteiger partial charge in [0.05, 0.1) is 0 Å². The first-order chi connectivity index (χ1) is 7.69. The molecule has 0 aromatic rings. The van der Waals surface area contributed by atoms with Gasteiger partial charge < -0.3 is 10.2 Å². The summed E-state index contributed by atoms with van der Waals surface area (Å²) in [6.45, 7) is 9.63. The Bertz CT molecular complexity index is 182. The fourth-order valence-corrected chi connectivity index (χ4v) is 2.88. The predicted molar refractivity (Wildman–Crippen MR) is 71.8 cm³/mol. The third-order valence-electron chi connectivity index (χ3n) is 4.16. The number of hydrogen-bond acceptors (Lipinski definition) is 2. The fraction of sp³-hybridized carbons (Fsp3) is 1.00. The smallest absolute Gasteiger partial charge is 0.0114 e. The van der Waals surface area contributed by atoms with Crippen molar-refractivity contribution < 1.29 is 0 Å². The van der Waals surface area contributed by atoms with Gasteiger partial charge in [-0.15, -0.1) is 0 Å². The van der Waals surface area contributed by atoms with Crippen LogP contribution in [0.2, 0.25) is 0 Å². The van der Waals surface area contributed by atoms with Gasteiger partial charge >= 0.3 is 0 Å². The highest BCUT2D eigenvalue weighted by molar-refractivity contribution is 4.83. The Labute approximate surface area is 102 Å². The maximum atomic E-state index is 3.44. The Morgan fingerprint density at radius 3 is 2.69 bits per heavy atom. The third kappa shape index (κ3) is 4.06. The van der Waals surface area contributed by atoms with Gasteiger partial charge in [-0.2, -0.15) is 0 Å². The molecule has 1 rings (SSSR count). The summed E-state index contributed by atoms with van der Waals surface area (Å²) in [5.74, 6) is 0.798. The summed E-state index contributed by atoms with van der Waals surface area (Å²) in [5.41, 5.74) is 0. The topological polar surface area (TPSA) is 15.3 Å². The predicted octanol–water partition coefficient (Wildman–Crippen LogP) is 2.89. The second-order valence-electron chi connectivity index (χ2n) is 5.50. The molecule has 2 nitrogen and oxygen atoms in total. The quantitative estimate of drug-likeness (QED) is 0.701. The molecule has 2 heteroatoms. The maximum Gasteiger partial charge on any atom is 0.0114 e. The van der Waals surface area contributed by atoms with Gasteiger partial charge in [0.2, 0.25) is 0 Å². The minimum absolute atomic E-state index is 0.735. The highest BCUT2D eigenvalue weighted by atomic mass is 15.2. The highest BCUT2D eigenvalue weighted by Gasteiger charge is 2.26. The standard InChI is InChI=1S/C14H30N2/c1-5-6-7-8-13(3)16-10-9-14(15-4)12(2)11-16/h12-15H,5-11H2,1-4H3. The van der Waals surface area contributed by atoms with Crippen molar-refractivity contribution in [3.63, 3.8) is 0 Å². The second kappa shape index (κ2) is 7.29. The van der Waals surface area contributed by atoms with Gasteiger partial charge in [-0.1, -0.05) is 33.1 Å². The molecule has 1 N–H and O–H groups in total. The number of hydrogen-bond donors (Lipinski definition) is 1. The van der Waals surface area contributed by atoms with Crippen LogP contribution in [0, 0.1) is 5.92 Å². The van der Waals surface area contributed by atoms with E-state index >= 15 is 0 Å². The van der Waals surface area contributed by atoms with E-state index in [1.807, 2.05) is 0 Å². The summed E-state index contributed by atoms with van der Waals surface area (Å²) in [7, 11) is 2.10. The number of piperidine rings is 1. The summed E-state index contributed by atoms with van der Waals surface area (Å²) in [4.78, 5) is 2.69. The molecule has 1 heterocycles. The largest absolute Gasteiger partial charge is 0.317 e. The van der Waals surface area contributed by atoms with E-state index in [4.69, 9.17) is 0 Å². The fourth-order valence-electron chi connectivity index (χ4n) is 2.88. The Kier molecular flexibility index (Phi) is 6.37. The van der Waals surface area contributed by atoms with Gasteiger partial charge in [-0.3, -0.25) is 0 Å². The molecular weight excluding hydrogens is 196 g/mol. The number of likely N-dealkylation sites (tertiary alicyclic amines) is 1. The van der Waals surface area contributed by atoms with Crippen LogP contribution in [0.3, 0.4) is 0 Å². The van der Waals surface area contributed by atoms with Crippen LogP contribution in [0.25, 0.3) is 0 Å². The molecule has 0 radical (unpaired) electrons. The SMILES string of the molecule is CCCCCC(C)N1CCC(NC)C(C)C1. The molecule has 0 aliphatic carbocycles. The lowest BCUT2D eigenvalue weighted by molar-refractivity contribution is 0.108. The van der Waals surface area contributed by atoms with Crippen molar-refractivity contribution in [2.45, 2.75) is 65.0 Å². The van der Waals surface area contributed by atoms with Crippen LogP contribution >= 0.6 is 0 Å². The van der Waals surface area contributed by atoms with E-state index in [0.29, 0.717) is 0 Å². The van der Waals surface area contributed by atoms with Crippen LogP contribution in [0.15, 0.2) is 0 Å². The van der Waals surface area contributed by atoms with Crippen molar-refractivity contribution >= 4 is 0 Å².